The van der Waals surface area contributed by atoms with Crippen LogP contribution in [0, 0.1) is 18.8 Å². The number of nitrogens with zero attached hydrogens (tertiary/aromatic N) is 2. The van der Waals surface area contributed by atoms with Gasteiger partial charge in [0.1, 0.15) is 0 Å². The Labute approximate surface area is 207 Å². The number of carboxylic acids is 1. The van der Waals surface area contributed by atoms with Gasteiger partial charge in [-0.1, -0.05) is 44.2 Å². The maximum absolute atomic E-state index is 12.6. The molecule has 5 heteroatoms. The number of aliphatic carboxylic acids is 1. The lowest BCUT2D eigenvalue weighted by molar-refractivity contribution is -0.160. The second-order valence-corrected chi connectivity index (χ2v) is 11.1. The smallest absolute Gasteiger partial charge is 0.337 e. The Kier molecular flexibility index (Phi) is 5.59. The number of hydrogen-bond acceptors (Lipinski definition) is 4. The van der Waals surface area contributed by atoms with Gasteiger partial charge in [-0.15, -0.1) is 0 Å². The van der Waals surface area contributed by atoms with Crippen molar-refractivity contribution in [2.24, 2.45) is 16.8 Å². The number of rotatable bonds is 6. The summed E-state index contributed by atoms with van der Waals surface area (Å²) in [5.74, 6) is 1.38. The second kappa shape index (κ2) is 8.27. The van der Waals surface area contributed by atoms with Gasteiger partial charge in [0.25, 0.3) is 0 Å². The summed E-state index contributed by atoms with van der Waals surface area (Å²) in [5, 5.41) is 11.2. The summed E-state index contributed by atoms with van der Waals surface area (Å²) in [4.78, 5) is 22.0. The van der Waals surface area contributed by atoms with Crippen molar-refractivity contribution in [1.82, 2.24) is 4.98 Å². The van der Waals surface area contributed by atoms with Crippen molar-refractivity contribution in [2.45, 2.75) is 71.5 Å². The van der Waals surface area contributed by atoms with Crippen molar-refractivity contribution in [2.75, 3.05) is 0 Å². The van der Waals surface area contributed by atoms with Gasteiger partial charge in [0.15, 0.2) is 6.10 Å². The number of benzene rings is 2. The summed E-state index contributed by atoms with van der Waals surface area (Å²) >= 11 is 0. The van der Waals surface area contributed by atoms with E-state index in [1.807, 2.05) is 52.0 Å². The van der Waals surface area contributed by atoms with Crippen LogP contribution in [0.15, 0.2) is 41.4 Å². The van der Waals surface area contributed by atoms with E-state index >= 15 is 0 Å². The lowest BCUT2D eigenvalue weighted by atomic mass is 9.84. The molecule has 0 saturated heterocycles. The molecule has 0 amide bonds. The van der Waals surface area contributed by atoms with Crippen LogP contribution >= 0.6 is 0 Å². The first-order valence-corrected chi connectivity index (χ1v) is 12.5. The zero-order valence-corrected chi connectivity index (χ0v) is 21.4. The molecule has 2 aromatic carbocycles. The van der Waals surface area contributed by atoms with E-state index < -0.39 is 17.7 Å². The summed E-state index contributed by atoms with van der Waals surface area (Å²) in [6.45, 7) is 16.1. The molecule has 5 unspecified atom stereocenters. The molecule has 0 spiro atoms. The molecule has 5 rings (SSSR count). The third kappa shape index (κ3) is 3.68. The minimum Gasteiger partial charge on any atom is -0.479 e. The van der Waals surface area contributed by atoms with Crippen LogP contribution in [0.4, 0.5) is 5.69 Å². The first kappa shape index (κ1) is 23.7. The Morgan fingerprint density at radius 1 is 1.23 bits per heavy atom. The summed E-state index contributed by atoms with van der Waals surface area (Å²) in [5.41, 5.74) is 6.70. The van der Waals surface area contributed by atoms with E-state index in [1.54, 1.807) is 0 Å². The molecule has 0 radical (unpaired) electrons. The number of para-hydroxylation sites is 1. The van der Waals surface area contributed by atoms with E-state index in [0.717, 1.165) is 34.1 Å². The zero-order valence-electron chi connectivity index (χ0n) is 21.4. The van der Waals surface area contributed by atoms with Crippen molar-refractivity contribution < 1.29 is 14.6 Å². The van der Waals surface area contributed by atoms with Gasteiger partial charge in [-0.2, -0.15) is 0 Å². The van der Waals surface area contributed by atoms with Gasteiger partial charge < -0.3 is 9.84 Å². The van der Waals surface area contributed by atoms with Crippen LogP contribution < -0.4 is 0 Å². The molecule has 0 aliphatic heterocycles. The Morgan fingerprint density at radius 3 is 2.57 bits per heavy atom. The summed E-state index contributed by atoms with van der Waals surface area (Å²) in [7, 11) is 0. The Morgan fingerprint density at radius 2 is 1.94 bits per heavy atom. The average Bonchev–Trinajstić information content (AvgIpc) is 3.32. The van der Waals surface area contributed by atoms with Crippen molar-refractivity contribution in [3.05, 3.63) is 58.8 Å². The van der Waals surface area contributed by atoms with Crippen molar-refractivity contribution in [3.8, 4) is 11.1 Å². The largest absolute Gasteiger partial charge is 0.479 e. The van der Waals surface area contributed by atoms with Crippen LogP contribution in [0.3, 0.4) is 0 Å². The fourth-order valence-corrected chi connectivity index (χ4v) is 6.49. The topological polar surface area (TPSA) is 71.8 Å². The Hall–Kier alpha value is -3.05. The van der Waals surface area contributed by atoms with Crippen molar-refractivity contribution in [3.63, 3.8) is 0 Å². The molecular formula is C30H34N2O3. The van der Waals surface area contributed by atoms with Crippen LogP contribution in [0.2, 0.25) is 0 Å². The molecule has 1 heterocycles. The number of carbonyl (C=O) groups is 1. The monoisotopic (exact) mass is 470 g/mol. The lowest BCUT2D eigenvalue weighted by Crippen LogP contribution is -2.28. The predicted octanol–water partition coefficient (Wildman–Crippen LogP) is 7.34. The molecule has 5 atom stereocenters. The minimum absolute atomic E-state index is 0.448. The number of hydrogen-bond donors (Lipinski definition) is 1. The van der Waals surface area contributed by atoms with E-state index in [9.17, 15) is 9.90 Å². The first-order chi connectivity index (χ1) is 16.6. The molecular weight excluding hydrogens is 436 g/mol. The number of fused-ring (bicyclic) bond motifs is 4. The highest BCUT2D eigenvalue weighted by Crippen LogP contribution is 2.69. The number of aliphatic imine (C=N–C) groups is 1. The Balaban J connectivity index is 1.85. The fourth-order valence-electron chi connectivity index (χ4n) is 6.49. The van der Waals surface area contributed by atoms with E-state index in [2.05, 4.69) is 37.7 Å². The van der Waals surface area contributed by atoms with Crippen LogP contribution in [0.5, 0.6) is 0 Å². The van der Waals surface area contributed by atoms with Crippen LogP contribution in [-0.4, -0.2) is 28.4 Å². The van der Waals surface area contributed by atoms with Crippen LogP contribution in [-0.2, 0) is 9.53 Å². The van der Waals surface area contributed by atoms with Crippen molar-refractivity contribution in [1.29, 1.82) is 0 Å². The number of pyridine rings is 1. The standard InChI is InChI=1S/C30H34N2O3/c1-8-17-22-15(2)23(22)19-13-14-20(27(31-7)26(17)19)25-18-11-9-10-12-21(18)32-16(3)24(25)28(29(33)34)35-30(4,5)6/h9-15,17,22-23,28H,7-8H2,1-6H3,(H,33,34). The van der Waals surface area contributed by atoms with Gasteiger partial charge in [0, 0.05) is 27.8 Å². The number of aryl methyl sites for hydroxylation is 1. The highest BCUT2D eigenvalue weighted by Gasteiger charge is 2.58. The maximum Gasteiger partial charge on any atom is 0.337 e. The second-order valence-electron chi connectivity index (χ2n) is 11.1. The van der Waals surface area contributed by atoms with E-state index in [-0.39, 0.29) is 0 Å². The highest BCUT2D eigenvalue weighted by atomic mass is 16.5. The maximum atomic E-state index is 12.6. The molecule has 2 aliphatic carbocycles. The normalized spacial score (nSPS) is 23.6. The average molecular weight is 471 g/mol. The molecule has 1 aromatic heterocycles. The number of ether oxygens (including phenoxy) is 1. The van der Waals surface area contributed by atoms with Crippen molar-refractivity contribution >= 4 is 29.3 Å². The van der Waals surface area contributed by atoms with Crippen LogP contribution in [0.1, 0.15) is 81.4 Å². The SMILES string of the molecule is C=Nc1c(-c2c(C(OC(C)(C)C)C(=O)O)c(C)nc3ccccc23)ccc2c1C(CC)C1C(C)C21. The summed E-state index contributed by atoms with van der Waals surface area (Å²) in [6.07, 6.45) is -0.110. The number of aromatic nitrogens is 1. The third-order valence-corrected chi connectivity index (χ3v) is 7.84. The zero-order chi connectivity index (χ0) is 25.2. The summed E-state index contributed by atoms with van der Waals surface area (Å²) in [6, 6.07) is 12.3. The molecule has 1 N–H and O–H groups in total. The van der Waals surface area contributed by atoms with Gasteiger partial charge >= 0.3 is 5.97 Å². The molecule has 1 saturated carbocycles. The van der Waals surface area contributed by atoms with Gasteiger partial charge in [-0.25, -0.2) is 4.79 Å². The minimum atomic E-state index is -1.16. The number of carboxylic acid groups (broad SMARTS) is 1. The quantitative estimate of drug-likeness (QED) is 0.383. The third-order valence-electron chi connectivity index (χ3n) is 7.84. The molecule has 182 valence electrons. The fraction of sp³-hybridized carbons (Fsp3) is 0.433. The first-order valence-electron chi connectivity index (χ1n) is 12.5. The molecule has 1 fully saturated rings. The van der Waals surface area contributed by atoms with Gasteiger partial charge in [-0.3, -0.25) is 9.98 Å². The van der Waals surface area contributed by atoms with Gasteiger partial charge in [0.2, 0.25) is 0 Å². The van der Waals surface area contributed by atoms with E-state index in [1.165, 1.54) is 11.1 Å². The van der Waals surface area contributed by atoms with Crippen LogP contribution in [0.25, 0.3) is 22.0 Å². The highest BCUT2D eigenvalue weighted by molar-refractivity contribution is 6.02. The molecule has 0 bridgehead atoms. The van der Waals surface area contributed by atoms with E-state index in [0.29, 0.717) is 34.9 Å². The van der Waals surface area contributed by atoms with Gasteiger partial charge in [-0.05, 0) is 81.7 Å². The van der Waals surface area contributed by atoms with Gasteiger partial charge in [0.05, 0.1) is 16.8 Å². The summed E-state index contributed by atoms with van der Waals surface area (Å²) < 4.78 is 6.14. The molecule has 3 aromatic rings. The Bertz CT molecular complexity index is 1350. The lowest BCUT2D eigenvalue weighted by Gasteiger charge is -2.29. The molecule has 2 aliphatic rings. The molecule has 35 heavy (non-hydrogen) atoms. The molecule has 5 nitrogen and oxygen atoms in total. The van der Waals surface area contributed by atoms with E-state index in [4.69, 9.17) is 9.72 Å². The predicted molar refractivity (Wildman–Crippen MR) is 141 cm³/mol.